The molecule has 0 radical (unpaired) electrons. The van der Waals surface area contributed by atoms with E-state index in [9.17, 15) is 0 Å². The molecule has 2 rings (SSSR count). The normalized spacial score (nSPS) is 10.4. The maximum Gasteiger partial charge on any atom is 0.137 e. The van der Waals surface area contributed by atoms with Crippen LogP contribution in [0.15, 0.2) is 12.3 Å². The molecule has 0 bridgehead atoms. The van der Waals surface area contributed by atoms with Gasteiger partial charge in [0.05, 0.1) is 6.42 Å². The molecule has 0 aromatic carbocycles. The third kappa shape index (κ3) is 2.02. The lowest BCUT2D eigenvalue weighted by Gasteiger charge is -1.96. The van der Waals surface area contributed by atoms with Gasteiger partial charge in [0.25, 0.3) is 0 Å². The molecule has 0 aliphatic rings. The van der Waals surface area contributed by atoms with Gasteiger partial charge >= 0.3 is 0 Å². The number of hydrogen-bond donors (Lipinski definition) is 1. The second-order valence-corrected chi connectivity index (χ2v) is 4.06. The van der Waals surface area contributed by atoms with Crippen molar-refractivity contribution >= 4 is 17.2 Å². The first kappa shape index (κ1) is 9.01. The Hall–Kier alpha value is -1.56. The van der Waals surface area contributed by atoms with E-state index >= 15 is 0 Å². The fourth-order valence-corrected chi connectivity index (χ4v) is 1.75. The summed E-state index contributed by atoms with van der Waals surface area (Å²) >= 11 is 1.55. The van der Waals surface area contributed by atoms with Crippen LogP contribution in [-0.4, -0.2) is 20.2 Å². The maximum absolute atomic E-state index is 5.53. The fourth-order valence-electron chi connectivity index (χ4n) is 1.04. The maximum atomic E-state index is 5.53. The predicted molar refractivity (Wildman–Crippen MR) is 53.9 cm³/mol. The van der Waals surface area contributed by atoms with Crippen LogP contribution in [0.1, 0.15) is 15.8 Å². The summed E-state index contributed by atoms with van der Waals surface area (Å²) < 4.78 is 0. The molecule has 2 aromatic rings. The molecule has 72 valence electrons. The first-order valence-corrected chi connectivity index (χ1v) is 4.92. The lowest BCUT2D eigenvalue weighted by Crippen LogP contribution is -1.99. The largest absolute Gasteiger partial charge is 0.384 e. The van der Waals surface area contributed by atoms with Crippen LogP contribution in [0.5, 0.6) is 0 Å². The minimum absolute atomic E-state index is 0.483. The molecule has 2 aromatic heterocycles. The molecule has 6 heteroatoms. The summed E-state index contributed by atoms with van der Waals surface area (Å²) in [6, 6.07) is 1.66. The van der Waals surface area contributed by atoms with Crippen LogP contribution in [0, 0.1) is 6.92 Å². The smallest absolute Gasteiger partial charge is 0.137 e. The molecule has 0 aliphatic heterocycles. The number of nitrogen functional groups attached to an aromatic ring is 1. The van der Waals surface area contributed by atoms with Crippen LogP contribution in [-0.2, 0) is 6.42 Å². The zero-order chi connectivity index (χ0) is 9.97. The molecular weight excluding hydrogens is 198 g/mol. The van der Waals surface area contributed by atoms with Gasteiger partial charge in [0.2, 0.25) is 0 Å². The summed E-state index contributed by atoms with van der Waals surface area (Å²) in [7, 11) is 0. The minimum Gasteiger partial charge on any atom is -0.384 e. The van der Waals surface area contributed by atoms with Crippen molar-refractivity contribution in [2.24, 2.45) is 0 Å². The molecular formula is C8H9N5S. The molecule has 0 fully saturated rings. The molecule has 0 unspecified atom stereocenters. The van der Waals surface area contributed by atoms with Gasteiger partial charge in [0, 0.05) is 6.20 Å². The average Bonchev–Trinajstić information content (AvgIpc) is 2.51. The molecule has 2 heterocycles. The van der Waals surface area contributed by atoms with Gasteiger partial charge in [-0.1, -0.05) is 0 Å². The van der Waals surface area contributed by atoms with Gasteiger partial charge in [0.1, 0.15) is 21.7 Å². The van der Waals surface area contributed by atoms with Crippen LogP contribution < -0.4 is 5.73 Å². The molecule has 0 aliphatic carbocycles. The van der Waals surface area contributed by atoms with Gasteiger partial charge < -0.3 is 5.73 Å². The Morgan fingerprint density at radius 2 is 2.29 bits per heavy atom. The van der Waals surface area contributed by atoms with Crippen molar-refractivity contribution in [2.75, 3.05) is 5.73 Å². The van der Waals surface area contributed by atoms with Crippen molar-refractivity contribution in [3.63, 3.8) is 0 Å². The number of hydrogen-bond acceptors (Lipinski definition) is 6. The quantitative estimate of drug-likeness (QED) is 0.788. The molecule has 2 N–H and O–H groups in total. The van der Waals surface area contributed by atoms with Crippen molar-refractivity contribution in [3.8, 4) is 0 Å². The lowest BCUT2D eigenvalue weighted by atomic mass is 10.4. The van der Waals surface area contributed by atoms with Gasteiger partial charge in [-0.2, -0.15) is 0 Å². The molecule has 0 saturated heterocycles. The summed E-state index contributed by atoms with van der Waals surface area (Å²) in [5.41, 5.74) is 5.53. The number of aryl methyl sites for hydroxylation is 1. The van der Waals surface area contributed by atoms with Gasteiger partial charge in [-0.3, -0.25) is 0 Å². The number of aromatic nitrogens is 4. The first-order valence-electron chi connectivity index (χ1n) is 4.10. The molecule has 5 nitrogen and oxygen atoms in total. The van der Waals surface area contributed by atoms with Crippen LogP contribution >= 0.6 is 11.3 Å². The third-order valence-corrected chi connectivity index (χ3v) is 2.44. The first-order chi connectivity index (χ1) is 6.74. The topological polar surface area (TPSA) is 77.6 Å². The zero-order valence-electron chi connectivity index (χ0n) is 7.64. The van der Waals surface area contributed by atoms with Gasteiger partial charge in [-0.25, -0.2) is 9.97 Å². The van der Waals surface area contributed by atoms with E-state index in [0.717, 1.165) is 10.0 Å². The van der Waals surface area contributed by atoms with Crippen molar-refractivity contribution in [2.45, 2.75) is 13.3 Å². The van der Waals surface area contributed by atoms with Gasteiger partial charge in [-0.15, -0.1) is 21.5 Å². The predicted octanol–water partition coefficient (Wildman–Crippen LogP) is 0.810. The van der Waals surface area contributed by atoms with Crippen molar-refractivity contribution < 1.29 is 0 Å². The molecule has 14 heavy (non-hydrogen) atoms. The van der Waals surface area contributed by atoms with Gasteiger partial charge in [-0.05, 0) is 13.0 Å². The minimum atomic E-state index is 0.483. The summed E-state index contributed by atoms with van der Waals surface area (Å²) in [6.07, 6.45) is 2.24. The Balaban J connectivity index is 2.18. The second kappa shape index (κ2) is 3.67. The van der Waals surface area contributed by atoms with Crippen LogP contribution in [0.3, 0.4) is 0 Å². The van der Waals surface area contributed by atoms with E-state index in [-0.39, 0.29) is 0 Å². The summed E-state index contributed by atoms with van der Waals surface area (Å²) in [5, 5.41) is 9.76. The number of nitrogens with zero attached hydrogens (tertiary/aromatic N) is 4. The number of rotatable bonds is 2. The highest BCUT2D eigenvalue weighted by molar-refractivity contribution is 7.11. The van der Waals surface area contributed by atoms with E-state index in [4.69, 9.17) is 5.73 Å². The van der Waals surface area contributed by atoms with Crippen molar-refractivity contribution in [3.05, 3.63) is 28.1 Å². The highest BCUT2D eigenvalue weighted by atomic mass is 32.1. The third-order valence-electron chi connectivity index (χ3n) is 1.60. The highest BCUT2D eigenvalue weighted by Crippen LogP contribution is 2.11. The SMILES string of the molecule is Cc1nnc(Cc2nccc(N)n2)s1. The second-order valence-electron chi connectivity index (χ2n) is 2.79. The fraction of sp³-hybridized carbons (Fsp3) is 0.250. The molecule has 0 saturated carbocycles. The standard InChI is InChI=1S/C8H9N5S/c1-5-12-13-8(14-5)4-7-10-3-2-6(9)11-7/h2-3H,4H2,1H3,(H2,9,10,11). The Kier molecular flexibility index (Phi) is 2.36. The van der Waals surface area contributed by atoms with Crippen molar-refractivity contribution in [1.29, 1.82) is 0 Å². The highest BCUT2D eigenvalue weighted by Gasteiger charge is 2.04. The summed E-state index contributed by atoms with van der Waals surface area (Å²) in [6.45, 7) is 1.92. The Morgan fingerprint density at radius 3 is 2.93 bits per heavy atom. The number of anilines is 1. The monoisotopic (exact) mass is 207 g/mol. The van der Waals surface area contributed by atoms with Gasteiger partial charge in [0.15, 0.2) is 0 Å². The molecule has 0 atom stereocenters. The van der Waals surface area contributed by atoms with E-state index in [2.05, 4.69) is 20.2 Å². The summed E-state index contributed by atoms with van der Waals surface area (Å²) in [4.78, 5) is 8.18. The van der Waals surface area contributed by atoms with Crippen LogP contribution in [0.25, 0.3) is 0 Å². The van der Waals surface area contributed by atoms with E-state index in [1.54, 1.807) is 23.6 Å². The van der Waals surface area contributed by atoms with Crippen molar-refractivity contribution in [1.82, 2.24) is 20.2 Å². The molecule has 0 spiro atoms. The average molecular weight is 207 g/mol. The van der Waals surface area contributed by atoms with E-state index < -0.39 is 0 Å². The Bertz CT molecular complexity index is 439. The summed E-state index contributed by atoms with van der Waals surface area (Å²) in [5.74, 6) is 1.16. The zero-order valence-corrected chi connectivity index (χ0v) is 8.45. The molecule has 0 amide bonds. The van der Waals surface area contributed by atoms with E-state index in [1.165, 1.54) is 0 Å². The van der Waals surface area contributed by atoms with E-state index in [0.29, 0.717) is 18.1 Å². The van der Waals surface area contributed by atoms with Crippen LogP contribution in [0.2, 0.25) is 0 Å². The van der Waals surface area contributed by atoms with E-state index in [1.807, 2.05) is 6.92 Å². The Morgan fingerprint density at radius 1 is 1.43 bits per heavy atom. The van der Waals surface area contributed by atoms with Crippen LogP contribution in [0.4, 0.5) is 5.82 Å². The lowest BCUT2D eigenvalue weighted by molar-refractivity contribution is 0.921. The Labute approximate surface area is 85.0 Å². The number of nitrogens with two attached hydrogens (primary N) is 1.